The molecule has 0 unspecified atom stereocenters. The Hall–Kier alpha value is -3.20. The highest BCUT2D eigenvalue weighted by molar-refractivity contribution is 5.80. The van der Waals surface area contributed by atoms with E-state index in [1.54, 1.807) is 24.3 Å². The van der Waals surface area contributed by atoms with E-state index in [0.29, 0.717) is 25.3 Å². The summed E-state index contributed by atoms with van der Waals surface area (Å²) in [6, 6.07) is 15.3. The summed E-state index contributed by atoms with van der Waals surface area (Å²) >= 11 is 0. The monoisotopic (exact) mass is 391 g/mol. The quantitative estimate of drug-likeness (QED) is 0.789. The summed E-state index contributed by atoms with van der Waals surface area (Å²) in [5.74, 6) is 1.55. The predicted molar refractivity (Wildman–Crippen MR) is 110 cm³/mol. The lowest BCUT2D eigenvalue weighted by Gasteiger charge is -2.31. The number of amides is 1. The van der Waals surface area contributed by atoms with Gasteiger partial charge in [0.1, 0.15) is 13.2 Å². The Morgan fingerprint density at radius 2 is 1.76 bits per heavy atom. The molecule has 1 aliphatic carbocycles. The largest absolute Gasteiger partial charge is 0.486 e. The fraction of sp³-hybridized carbons (Fsp3) is 0.391. The molecule has 2 N–H and O–H groups in total. The molecule has 1 heterocycles. The Morgan fingerprint density at radius 1 is 1.03 bits per heavy atom. The Labute approximate surface area is 170 Å². The zero-order valence-corrected chi connectivity index (χ0v) is 16.4. The summed E-state index contributed by atoms with van der Waals surface area (Å²) in [7, 11) is 0. The van der Waals surface area contributed by atoms with Crippen molar-refractivity contribution in [1.29, 1.82) is 5.26 Å². The predicted octanol–water partition coefficient (Wildman–Crippen LogP) is 3.37. The SMILES string of the molecule is N#Cc1ccc(NCC(=O)NCC2(c3ccc4c(c3)OCCO4)CCCC2)cc1. The molecule has 6 heteroatoms. The van der Waals surface area contributed by atoms with Crippen LogP contribution >= 0.6 is 0 Å². The minimum Gasteiger partial charge on any atom is -0.486 e. The number of anilines is 1. The summed E-state index contributed by atoms with van der Waals surface area (Å²) in [6.07, 6.45) is 4.42. The van der Waals surface area contributed by atoms with E-state index in [-0.39, 0.29) is 17.9 Å². The number of nitriles is 1. The number of rotatable bonds is 6. The average molecular weight is 391 g/mol. The second-order valence-electron chi connectivity index (χ2n) is 7.67. The smallest absolute Gasteiger partial charge is 0.239 e. The van der Waals surface area contributed by atoms with Crippen molar-refractivity contribution in [2.45, 2.75) is 31.1 Å². The van der Waals surface area contributed by atoms with Crippen LogP contribution in [0.3, 0.4) is 0 Å². The zero-order valence-electron chi connectivity index (χ0n) is 16.4. The van der Waals surface area contributed by atoms with Crippen LogP contribution in [-0.4, -0.2) is 32.2 Å². The molecule has 1 aliphatic heterocycles. The van der Waals surface area contributed by atoms with Crippen molar-refractivity contribution in [1.82, 2.24) is 5.32 Å². The minimum atomic E-state index is -0.0556. The molecule has 1 saturated carbocycles. The number of carbonyl (C=O) groups is 1. The van der Waals surface area contributed by atoms with E-state index in [1.807, 2.05) is 6.07 Å². The molecule has 2 aromatic carbocycles. The van der Waals surface area contributed by atoms with Gasteiger partial charge in [-0.2, -0.15) is 5.26 Å². The van der Waals surface area contributed by atoms with Crippen LogP contribution in [0.2, 0.25) is 0 Å². The van der Waals surface area contributed by atoms with E-state index in [0.717, 1.165) is 42.9 Å². The Bertz CT molecular complexity index is 912. The molecule has 1 fully saturated rings. The molecule has 0 atom stereocenters. The maximum atomic E-state index is 12.4. The normalized spacial score (nSPS) is 16.7. The molecule has 0 saturated heterocycles. The number of nitrogens with one attached hydrogen (secondary N) is 2. The number of fused-ring (bicyclic) bond motifs is 1. The molecule has 4 rings (SSSR count). The molecule has 0 radical (unpaired) electrons. The average Bonchev–Trinajstić information content (AvgIpc) is 3.26. The van der Waals surface area contributed by atoms with Gasteiger partial charge in [-0.05, 0) is 54.8 Å². The first-order valence-corrected chi connectivity index (χ1v) is 10.1. The van der Waals surface area contributed by atoms with Gasteiger partial charge in [0.15, 0.2) is 11.5 Å². The topological polar surface area (TPSA) is 83.4 Å². The molecule has 0 bridgehead atoms. The number of ether oxygens (including phenoxy) is 2. The van der Waals surface area contributed by atoms with Gasteiger partial charge in [-0.25, -0.2) is 0 Å². The number of carbonyl (C=O) groups excluding carboxylic acids is 1. The first kappa shape index (κ1) is 19.1. The third-order valence-electron chi connectivity index (χ3n) is 5.81. The lowest BCUT2D eigenvalue weighted by atomic mass is 9.78. The molecule has 150 valence electrons. The summed E-state index contributed by atoms with van der Waals surface area (Å²) in [5, 5.41) is 15.1. The summed E-state index contributed by atoms with van der Waals surface area (Å²) < 4.78 is 11.4. The second kappa shape index (κ2) is 8.44. The summed E-state index contributed by atoms with van der Waals surface area (Å²) in [5.41, 5.74) is 2.57. The molecule has 2 aliphatic rings. The van der Waals surface area contributed by atoms with E-state index in [4.69, 9.17) is 14.7 Å². The third kappa shape index (κ3) is 4.29. The van der Waals surface area contributed by atoms with Crippen LogP contribution in [0.25, 0.3) is 0 Å². The van der Waals surface area contributed by atoms with Gasteiger partial charge in [-0.15, -0.1) is 0 Å². The Kier molecular flexibility index (Phi) is 5.57. The highest BCUT2D eigenvalue weighted by atomic mass is 16.6. The van der Waals surface area contributed by atoms with Crippen LogP contribution in [0.15, 0.2) is 42.5 Å². The van der Waals surface area contributed by atoms with Crippen molar-refractivity contribution < 1.29 is 14.3 Å². The van der Waals surface area contributed by atoms with Crippen LogP contribution in [-0.2, 0) is 10.2 Å². The zero-order chi connectivity index (χ0) is 20.1. The van der Waals surface area contributed by atoms with Gasteiger partial charge >= 0.3 is 0 Å². The van der Waals surface area contributed by atoms with Crippen molar-refractivity contribution in [3.63, 3.8) is 0 Å². The maximum absolute atomic E-state index is 12.4. The Morgan fingerprint density at radius 3 is 2.48 bits per heavy atom. The summed E-state index contributed by atoms with van der Waals surface area (Å²) in [4.78, 5) is 12.4. The van der Waals surface area contributed by atoms with Crippen molar-refractivity contribution >= 4 is 11.6 Å². The number of hydrogen-bond acceptors (Lipinski definition) is 5. The van der Waals surface area contributed by atoms with Gasteiger partial charge in [0, 0.05) is 17.6 Å². The van der Waals surface area contributed by atoms with Crippen LogP contribution in [0, 0.1) is 11.3 Å². The minimum absolute atomic E-state index is 0.0434. The van der Waals surface area contributed by atoms with Crippen molar-refractivity contribution in [2.24, 2.45) is 0 Å². The van der Waals surface area contributed by atoms with E-state index < -0.39 is 0 Å². The van der Waals surface area contributed by atoms with Gasteiger partial charge in [0.2, 0.25) is 5.91 Å². The third-order valence-corrected chi connectivity index (χ3v) is 5.81. The lowest BCUT2D eigenvalue weighted by Crippen LogP contribution is -2.41. The van der Waals surface area contributed by atoms with Crippen LogP contribution in [0.1, 0.15) is 36.8 Å². The lowest BCUT2D eigenvalue weighted by molar-refractivity contribution is -0.119. The molecular formula is C23H25N3O3. The molecular weight excluding hydrogens is 366 g/mol. The molecule has 2 aromatic rings. The van der Waals surface area contributed by atoms with E-state index >= 15 is 0 Å². The number of hydrogen-bond donors (Lipinski definition) is 2. The fourth-order valence-electron chi connectivity index (χ4n) is 4.17. The molecule has 1 amide bonds. The Balaban J connectivity index is 1.38. The van der Waals surface area contributed by atoms with Gasteiger partial charge in [-0.1, -0.05) is 18.9 Å². The van der Waals surface area contributed by atoms with Gasteiger partial charge < -0.3 is 20.1 Å². The molecule has 6 nitrogen and oxygen atoms in total. The number of nitrogens with zero attached hydrogens (tertiary/aromatic N) is 1. The van der Waals surface area contributed by atoms with Crippen LogP contribution in [0.5, 0.6) is 11.5 Å². The highest BCUT2D eigenvalue weighted by Crippen LogP contribution is 2.43. The second-order valence-corrected chi connectivity index (χ2v) is 7.67. The highest BCUT2D eigenvalue weighted by Gasteiger charge is 2.36. The fourth-order valence-corrected chi connectivity index (χ4v) is 4.17. The van der Waals surface area contributed by atoms with Crippen molar-refractivity contribution in [3.8, 4) is 17.6 Å². The first-order chi connectivity index (χ1) is 14.2. The van der Waals surface area contributed by atoms with Crippen LogP contribution < -0.4 is 20.1 Å². The number of benzene rings is 2. The van der Waals surface area contributed by atoms with Crippen molar-refractivity contribution in [2.75, 3.05) is 31.6 Å². The van der Waals surface area contributed by atoms with Crippen LogP contribution in [0.4, 0.5) is 5.69 Å². The standard InChI is InChI=1S/C23H25N3O3/c24-14-17-3-6-19(7-4-17)25-15-22(27)26-16-23(9-1-2-10-23)18-5-8-20-21(13-18)29-12-11-28-20/h3-8,13,25H,1-2,9-12,15-16H2,(H,26,27). The summed E-state index contributed by atoms with van der Waals surface area (Å²) in [6.45, 7) is 1.96. The van der Waals surface area contributed by atoms with Gasteiger partial charge in [0.25, 0.3) is 0 Å². The molecule has 29 heavy (non-hydrogen) atoms. The van der Waals surface area contributed by atoms with E-state index in [9.17, 15) is 4.79 Å². The van der Waals surface area contributed by atoms with Gasteiger partial charge in [0.05, 0.1) is 18.2 Å². The van der Waals surface area contributed by atoms with E-state index in [1.165, 1.54) is 5.56 Å². The first-order valence-electron chi connectivity index (χ1n) is 10.1. The van der Waals surface area contributed by atoms with Gasteiger partial charge in [-0.3, -0.25) is 4.79 Å². The molecule has 0 spiro atoms. The van der Waals surface area contributed by atoms with E-state index in [2.05, 4.69) is 28.8 Å². The van der Waals surface area contributed by atoms with Crippen molar-refractivity contribution in [3.05, 3.63) is 53.6 Å². The molecule has 0 aromatic heterocycles. The maximum Gasteiger partial charge on any atom is 0.239 e.